The maximum absolute atomic E-state index is 10.9. The van der Waals surface area contributed by atoms with Gasteiger partial charge in [-0.3, -0.25) is 4.79 Å². The molecule has 1 aliphatic carbocycles. The molecule has 1 amide bonds. The predicted octanol–water partition coefficient (Wildman–Crippen LogP) is 1.08. The van der Waals surface area contributed by atoms with Crippen LogP contribution in [0, 0.1) is 0 Å². The Kier molecular flexibility index (Phi) is 1.64. The second kappa shape index (κ2) is 2.66. The maximum Gasteiger partial charge on any atom is 0.262 e. The smallest absolute Gasteiger partial charge is 0.262 e. The molecule has 0 aromatic carbocycles. The fraction of sp³-hybridized carbons (Fsp3) is 0.444. The first-order chi connectivity index (χ1) is 5.75. The van der Waals surface area contributed by atoms with Gasteiger partial charge in [0.05, 0.1) is 5.70 Å². The van der Waals surface area contributed by atoms with Crippen LogP contribution in [0.25, 0.3) is 0 Å². The van der Waals surface area contributed by atoms with E-state index in [4.69, 9.17) is 4.74 Å². The Bertz CT molecular complexity index is 289. The molecular formula is C9H11NO2. The summed E-state index contributed by atoms with van der Waals surface area (Å²) in [7, 11) is 0. The molecule has 0 atom stereocenters. The summed E-state index contributed by atoms with van der Waals surface area (Å²) in [4.78, 5) is 10.9. The Balaban J connectivity index is 2.27. The van der Waals surface area contributed by atoms with Crippen molar-refractivity contribution in [1.29, 1.82) is 0 Å². The average molecular weight is 165 g/mol. The number of nitrogens with one attached hydrogen (secondary N) is 1. The van der Waals surface area contributed by atoms with Gasteiger partial charge in [0.2, 0.25) is 0 Å². The number of ether oxygens (including phenoxy) is 1. The number of hydrogen-bond acceptors (Lipinski definition) is 2. The molecule has 0 aromatic heterocycles. The second-order valence-corrected chi connectivity index (χ2v) is 3.17. The van der Waals surface area contributed by atoms with E-state index in [1.807, 2.05) is 6.08 Å². The van der Waals surface area contributed by atoms with Gasteiger partial charge in [-0.05, 0) is 25.8 Å². The van der Waals surface area contributed by atoms with E-state index in [2.05, 4.69) is 12.2 Å². The number of hydrogen-bond donors (Lipinski definition) is 1. The summed E-state index contributed by atoms with van der Waals surface area (Å²) in [5.74, 6) is 0.806. The molecule has 1 heterocycles. The quantitative estimate of drug-likeness (QED) is 0.583. The topological polar surface area (TPSA) is 38.3 Å². The summed E-state index contributed by atoms with van der Waals surface area (Å²) >= 11 is 0. The molecule has 0 saturated carbocycles. The van der Waals surface area contributed by atoms with Crippen LogP contribution in [0.3, 0.4) is 0 Å². The van der Waals surface area contributed by atoms with Gasteiger partial charge in [0.1, 0.15) is 5.76 Å². The lowest BCUT2D eigenvalue weighted by Gasteiger charge is -2.23. The van der Waals surface area contributed by atoms with E-state index in [0.717, 1.165) is 24.3 Å². The van der Waals surface area contributed by atoms with Crippen molar-refractivity contribution in [2.45, 2.75) is 19.8 Å². The Morgan fingerprint density at radius 2 is 2.33 bits per heavy atom. The number of rotatable bonds is 0. The van der Waals surface area contributed by atoms with Gasteiger partial charge < -0.3 is 10.1 Å². The van der Waals surface area contributed by atoms with Crippen LogP contribution in [0.5, 0.6) is 0 Å². The van der Waals surface area contributed by atoms with Crippen LogP contribution in [-0.2, 0) is 9.53 Å². The average Bonchev–Trinajstić information content (AvgIpc) is 2.05. The van der Waals surface area contributed by atoms with Crippen molar-refractivity contribution in [3.63, 3.8) is 0 Å². The largest absolute Gasteiger partial charge is 0.482 e. The lowest BCUT2D eigenvalue weighted by molar-refractivity contribution is -0.125. The van der Waals surface area contributed by atoms with Gasteiger partial charge in [0.15, 0.2) is 6.61 Å². The van der Waals surface area contributed by atoms with Crippen LogP contribution in [0.1, 0.15) is 19.8 Å². The van der Waals surface area contributed by atoms with Crippen LogP contribution in [0.4, 0.5) is 0 Å². The fourth-order valence-corrected chi connectivity index (χ4v) is 1.43. The van der Waals surface area contributed by atoms with E-state index in [9.17, 15) is 4.79 Å². The van der Waals surface area contributed by atoms with Crippen LogP contribution in [-0.4, -0.2) is 12.5 Å². The molecule has 0 bridgehead atoms. The SMILES string of the molecule is CC1=CC2=C(CC1)NC(=O)CO2. The van der Waals surface area contributed by atoms with Crippen LogP contribution < -0.4 is 5.32 Å². The third-order valence-electron chi connectivity index (χ3n) is 2.09. The fourth-order valence-electron chi connectivity index (χ4n) is 1.43. The molecule has 0 fully saturated rings. The summed E-state index contributed by atoms with van der Waals surface area (Å²) in [6.45, 7) is 2.23. The van der Waals surface area contributed by atoms with Crippen molar-refractivity contribution in [2.75, 3.05) is 6.61 Å². The lowest BCUT2D eigenvalue weighted by atomic mass is 10.0. The zero-order chi connectivity index (χ0) is 8.55. The van der Waals surface area contributed by atoms with Gasteiger partial charge in [-0.1, -0.05) is 5.57 Å². The van der Waals surface area contributed by atoms with Gasteiger partial charge >= 0.3 is 0 Å². The van der Waals surface area contributed by atoms with Crippen LogP contribution in [0.15, 0.2) is 23.1 Å². The molecule has 0 aromatic rings. The van der Waals surface area contributed by atoms with E-state index in [-0.39, 0.29) is 12.5 Å². The van der Waals surface area contributed by atoms with Gasteiger partial charge in [0.25, 0.3) is 5.91 Å². The summed E-state index contributed by atoms with van der Waals surface area (Å²) in [5.41, 5.74) is 2.25. The molecular weight excluding hydrogens is 154 g/mol. The minimum Gasteiger partial charge on any atom is -0.482 e. The summed E-state index contributed by atoms with van der Waals surface area (Å²) in [6, 6.07) is 0. The number of allylic oxidation sites excluding steroid dienone is 3. The molecule has 0 unspecified atom stereocenters. The van der Waals surface area contributed by atoms with Crippen molar-refractivity contribution < 1.29 is 9.53 Å². The van der Waals surface area contributed by atoms with Gasteiger partial charge in [-0.15, -0.1) is 0 Å². The third-order valence-corrected chi connectivity index (χ3v) is 2.09. The highest BCUT2D eigenvalue weighted by molar-refractivity contribution is 5.80. The molecule has 2 aliphatic rings. The molecule has 0 spiro atoms. The molecule has 3 nitrogen and oxygen atoms in total. The Morgan fingerprint density at radius 3 is 3.17 bits per heavy atom. The molecule has 0 saturated heterocycles. The van der Waals surface area contributed by atoms with E-state index >= 15 is 0 Å². The third kappa shape index (κ3) is 1.22. The first-order valence-corrected chi connectivity index (χ1v) is 4.08. The normalized spacial score (nSPS) is 22.4. The highest BCUT2D eigenvalue weighted by atomic mass is 16.5. The molecule has 1 N–H and O–H groups in total. The second-order valence-electron chi connectivity index (χ2n) is 3.17. The zero-order valence-corrected chi connectivity index (χ0v) is 7.02. The maximum atomic E-state index is 10.9. The van der Waals surface area contributed by atoms with Crippen molar-refractivity contribution in [1.82, 2.24) is 5.32 Å². The molecule has 3 heteroatoms. The highest BCUT2D eigenvalue weighted by Gasteiger charge is 2.20. The van der Waals surface area contributed by atoms with Crippen molar-refractivity contribution in [2.24, 2.45) is 0 Å². The molecule has 0 radical (unpaired) electrons. The molecule has 12 heavy (non-hydrogen) atoms. The lowest BCUT2D eigenvalue weighted by Crippen LogP contribution is -2.33. The van der Waals surface area contributed by atoms with Gasteiger partial charge in [-0.2, -0.15) is 0 Å². The van der Waals surface area contributed by atoms with Crippen LogP contribution >= 0.6 is 0 Å². The number of carbonyl (C=O) groups excluding carboxylic acids is 1. The predicted molar refractivity (Wildman–Crippen MR) is 44.1 cm³/mol. The van der Waals surface area contributed by atoms with Crippen molar-refractivity contribution in [3.8, 4) is 0 Å². The molecule has 1 aliphatic heterocycles. The number of amides is 1. The minimum absolute atomic E-state index is 0.0401. The summed E-state index contributed by atoms with van der Waals surface area (Å²) in [5, 5.41) is 2.81. The highest BCUT2D eigenvalue weighted by Crippen LogP contribution is 2.24. The zero-order valence-electron chi connectivity index (χ0n) is 7.02. The molecule has 64 valence electrons. The minimum atomic E-state index is -0.0401. The van der Waals surface area contributed by atoms with Crippen molar-refractivity contribution >= 4 is 5.91 Å². The summed E-state index contributed by atoms with van der Waals surface area (Å²) < 4.78 is 5.26. The van der Waals surface area contributed by atoms with E-state index < -0.39 is 0 Å². The first kappa shape index (κ1) is 7.40. The number of carbonyl (C=O) groups is 1. The standard InChI is InChI=1S/C9H11NO2/c1-6-2-3-7-8(4-6)12-5-9(11)10-7/h4H,2-3,5H2,1H3,(H,10,11). The van der Waals surface area contributed by atoms with E-state index in [1.54, 1.807) is 0 Å². The van der Waals surface area contributed by atoms with Gasteiger partial charge in [-0.25, -0.2) is 0 Å². The Labute approximate surface area is 71.1 Å². The van der Waals surface area contributed by atoms with Crippen molar-refractivity contribution in [3.05, 3.63) is 23.1 Å². The Morgan fingerprint density at radius 1 is 1.50 bits per heavy atom. The monoisotopic (exact) mass is 165 g/mol. The summed E-state index contributed by atoms with van der Waals surface area (Å²) in [6.07, 6.45) is 3.91. The van der Waals surface area contributed by atoms with E-state index in [0.29, 0.717) is 0 Å². The van der Waals surface area contributed by atoms with Crippen LogP contribution in [0.2, 0.25) is 0 Å². The van der Waals surface area contributed by atoms with E-state index in [1.165, 1.54) is 5.57 Å². The first-order valence-electron chi connectivity index (χ1n) is 4.08. The Hall–Kier alpha value is -1.25. The molecule has 2 rings (SSSR count). The van der Waals surface area contributed by atoms with Gasteiger partial charge in [0, 0.05) is 0 Å².